The molecule has 0 spiro atoms. The van der Waals surface area contributed by atoms with E-state index in [1.807, 2.05) is 0 Å². The molecule has 0 saturated carbocycles. The van der Waals surface area contributed by atoms with Crippen LogP contribution in [0.2, 0.25) is 0 Å². The zero-order chi connectivity index (χ0) is 15.5. The van der Waals surface area contributed by atoms with Gasteiger partial charge in [-0.05, 0) is 45.8 Å². The Morgan fingerprint density at radius 2 is 2.00 bits per heavy atom. The molecule has 0 aromatic heterocycles. The van der Waals surface area contributed by atoms with Gasteiger partial charge in [-0.1, -0.05) is 12.1 Å². The van der Waals surface area contributed by atoms with Crippen LogP contribution in [-0.4, -0.2) is 15.5 Å². The zero-order valence-electron chi connectivity index (χ0n) is 11.3. The van der Waals surface area contributed by atoms with Crippen molar-refractivity contribution < 1.29 is 13.2 Å². The van der Waals surface area contributed by atoms with Gasteiger partial charge in [-0.2, -0.15) is 0 Å². The Balaban J connectivity index is 2.38. The van der Waals surface area contributed by atoms with Crippen molar-refractivity contribution in [3.8, 4) is 5.75 Å². The van der Waals surface area contributed by atoms with E-state index < -0.39 is 10.0 Å². The molecule has 0 bridgehead atoms. The first-order valence-electron chi connectivity index (χ1n) is 6.11. The van der Waals surface area contributed by atoms with Crippen LogP contribution in [0.4, 0.5) is 5.69 Å². The van der Waals surface area contributed by atoms with Gasteiger partial charge in [-0.3, -0.25) is 4.72 Å². The number of sulfonamides is 1. The van der Waals surface area contributed by atoms with E-state index in [0.717, 1.165) is 5.56 Å². The van der Waals surface area contributed by atoms with E-state index in [-0.39, 0.29) is 11.4 Å². The molecule has 5 nitrogen and oxygen atoms in total. The predicted octanol–water partition coefficient (Wildman–Crippen LogP) is 2.72. The highest BCUT2D eigenvalue weighted by molar-refractivity contribution is 9.10. The third-order valence-corrected chi connectivity index (χ3v) is 5.22. The molecule has 0 unspecified atom stereocenters. The maximum absolute atomic E-state index is 12.5. The van der Waals surface area contributed by atoms with Gasteiger partial charge in [-0.25, -0.2) is 8.42 Å². The maximum atomic E-state index is 12.5. The van der Waals surface area contributed by atoms with E-state index in [4.69, 9.17) is 10.5 Å². The van der Waals surface area contributed by atoms with E-state index in [0.29, 0.717) is 15.9 Å². The normalized spacial score (nSPS) is 11.2. The highest BCUT2D eigenvalue weighted by atomic mass is 79.9. The molecule has 0 aliphatic heterocycles. The molecule has 0 atom stereocenters. The summed E-state index contributed by atoms with van der Waals surface area (Å²) in [5.74, 6) is 0.574. The molecule has 0 radical (unpaired) electrons. The minimum absolute atomic E-state index is 0.147. The SMILES string of the molecule is COc1cccc(NS(=O)(=O)c2cc(CN)ccc2Br)c1. The number of rotatable bonds is 5. The lowest BCUT2D eigenvalue weighted by molar-refractivity contribution is 0.415. The summed E-state index contributed by atoms with van der Waals surface area (Å²) in [6.07, 6.45) is 0. The van der Waals surface area contributed by atoms with Gasteiger partial charge in [0.05, 0.1) is 12.8 Å². The number of nitrogens with one attached hydrogen (secondary N) is 1. The molecule has 0 aliphatic carbocycles. The Bertz CT molecular complexity index is 748. The molecule has 2 aromatic rings. The van der Waals surface area contributed by atoms with Gasteiger partial charge in [0.15, 0.2) is 0 Å². The first-order valence-corrected chi connectivity index (χ1v) is 8.39. The van der Waals surface area contributed by atoms with Crippen LogP contribution in [0.3, 0.4) is 0 Å². The van der Waals surface area contributed by atoms with Gasteiger partial charge in [0.1, 0.15) is 10.6 Å². The van der Waals surface area contributed by atoms with Crippen LogP contribution in [0.15, 0.2) is 51.8 Å². The number of hydrogen-bond donors (Lipinski definition) is 2. The van der Waals surface area contributed by atoms with Crippen molar-refractivity contribution in [3.05, 3.63) is 52.5 Å². The molecule has 3 N–H and O–H groups in total. The van der Waals surface area contributed by atoms with Gasteiger partial charge >= 0.3 is 0 Å². The van der Waals surface area contributed by atoms with Crippen LogP contribution < -0.4 is 15.2 Å². The molecular weight excluding hydrogens is 356 g/mol. The highest BCUT2D eigenvalue weighted by Gasteiger charge is 2.18. The average Bonchev–Trinajstić information content (AvgIpc) is 2.47. The summed E-state index contributed by atoms with van der Waals surface area (Å²) in [5.41, 5.74) is 6.73. The molecule has 0 aliphatic rings. The second kappa shape index (κ2) is 6.46. The Morgan fingerprint density at radius 1 is 1.24 bits per heavy atom. The molecule has 0 fully saturated rings. The zero-order valence-corrected chi connectivity index (χ0v) is 13.7. The van der Waals surface area contributed by atoms with Gasteiger partial charge in [0.25, 0.3) is 10.0 Å². The molecule has 112 valence electrons. The number of halogens is 1. The molecule has 7 heteroatoms. The predicted molar refractivity (Wildman–Crippen MR) is 85.8 cm³/mol. The summed E-state index contributed by atoms with van der Waals surface area (Å²) in [7, 11) is -2.19. The smallest absolute Gasteiger partial charge is 0.263 e. The van der Waals surface area contributed by atoms with E-state index in [2.05, 4.69) is 20.7 Å². The number of anilines is 1. The van der Waals surface area contributed by atoms with Gasteiger partial charge < -0.3 is 10.5 Å². The Hall–Kier alpha value is -1.57. The second-order valence-corrected chi connectivity index (χ2v) is 6.81. The van der Waals surface area contributed by atoms with Crippen LogP contribution in [0, 0.1) is 0 Å². The molecular formula is C14H15BrN2O3S. The number of nitrogens with two attached hydrogens (primary N) is 1. The van der Waals surface area contributed by atoms with Crippen molar-refractivity contribution in [1.29, 1.82) is 0 Å². The largest absolute Gasteiger partial charge is 0.497 e. The summed E-state index contributed by atoms with van der Waals surface area (Å²) in [6.45, 7) is 0.273. The minimum atomic E-state index is -3.71. The lowest BCUT2D eigenvalue weighted by Crippen LogP contribution is -2.14. The second-order valence-electron chi connectivity index (χ2n) is 4.31. The third-order valence-electron chi connectivity index (χ3n) is 2.84. The Morgan fingerprint density at radius 3 is 2.67 bits per heavy atom. The number of methoxy groups -OCH3 is 1. The lowest BCUT2D eigenvalue weighted by Gasteiger charge is -2.11. The van der Waals surface area contributed by atoms with Crippen LogP contribution in [0.5, 0.6) is 5.75 Å². The molecule has 2 rings (SSSR count). The summed E-state index contributed by atoms with van der Waals surface area (Å²) in [4.78, 5) is 0.147. The van der Waals surface area contributed by atoms with E-state index >= 15 is 0 Å². The van der Waals surface area contributed by atoms with E-state index in [1.54, 1.807) is 42.5 Å². The van der Waals surface area contributed by atoms with Gasteiger partial charge in [0, 0.05) is 17.1 Å². The number of hydrogen-bond acceptors (Lipinski definition) is 4. The van der Waals surface area contributed by atoms with Crippen molar-refractivity contribution in [3.63, 3.8) is 0 Å². The topological polar surface area (TPSA) is 81.4 Å². The summed E-state index contributed by atoms with van der Waals surface area (Å²) in [5, 5.41) is 0. The van der Waals surface area contributed by atoms with Gasteiger partial charge in [-0.15, -0.1) is 0 Å². The van der Waals surface area contributed by atoms with Crippen molar-refractivity contribution in [2.45, 2.75) is 11.4 Å². The Kier molecular flexibility index (Phi) is 4.87. The quantitative estimate of drug-likeness (QED) is 0.847. The van der Waals surface area contributed by atoms with Crippen LogP contribution >= 0.6 is 15.9 Å². The van der Waals surface area contributed by atoms with Crippen molar-refractivity contribution in [1.82, 2.24) is 0 Å². The first kappa shape index (κ1) is 15.8. The highest BCUT2D eigenvalue weighted by Crippen LogP contribution is 2.26. The molecule has 0 saturated heterocycles. The average molecular weight is 371 g/mol. The van der Waals surface area contributed by atoms with Crippen LogP contribution in [0.25, 0.3) is 0 Å². The molecule has 0 amide bonds. The summed E-state index contributed by atoms with van der Waals surface area (Å²) < 4.78 is 33.0. The summed E-state index contributed by atoms with van der Waals surface area (Å²) >= 11 is 3.25. The summed E-state index contributed by atoms with van der Waals surface area (Å²) in [6, 6.07) is 11.7. The molecule has 0 heterocycles. The fourth-order valence-corrected chi connectivity index (χ4v) is 3.84. The monoisotopic (exact) mass is 370 g/mol. The third kappa shape index (κ3) is 3.75. The van der Waals surface area contributed by atoms with Crippen LogP contribution in [-0.2, 0) is 16.6 Å². The first-order chi connectivity index (χ1) is 9.96. The van der Waals surface area contributed by atoms with Crippen molar-refractivity contribution in [2.24, 2.45) is 5.73 Å². The number of ether oxygens (including phenoxy) is 1. The van der Waals surface area contributed by atoms with Crippen molar-refractivity contribution >= 4 is 31.6 Å². The standard InChI is InChI=1S/C14H15BrN2O3S/c1-20-12-4-2-3-11(8-12)17-21(18,19)14-7-10(9-16)5-6-13(14)15/h2-8,17H,9,16H2,1H3. The Labute approximate surface area is 132 Å². The molecule has 2 aromatic carbocycles. The fourth-order valence-electron chi connectivity index (χ4n) is 1.78. The maximum Gasteiger partial charge on any atom is 0.263 e. The fraction of sp³-hybridized carbons (Fsp3) is 0.143. The van der Waals surface area contributed by atoms with Crippen molar-refractivity contribution in [2.75, 3.05) is 11.8 Å². The van der Waals surface area contributed by atoms with Crippen LogP contribution in [0.1, 0.15) is 5.56 Å². The molecule has 21 heavy (non-hydrogen) atoms. The van der Waals surface area contributed by atoms with E-state index in [9.17, 15) is 8.42 Å². The number of benzene rings is 2. The van der Waals surface area contributed by atoms with E-state index in [1.165, 1.54) is 7.11 Å². The van der Waals surface area contributed by atoms with Gasteiger partial charge in [0.2, 0.25) is 0 Å². The lowest BCUT2D eigenvalue weighted by atomic mass is 10.2. The minimum Gasteiger partial charge on any atom is -0.497 e.